The van der Waals surface area contributed by atoms with Crippen LogP contribution in [0.15, 0.2) is 36.4 Å². The van der Waals surface area contributed by atoms with Crippen LogP contribution in [0.4, 0.5) is 14.5 Å². The second-order valence-electron chi connectivity index (χ2n) is 7.00. The Balaban J connectivity index is 1.60. The molecular formula is C21H22F2N2O2. The van der Waals surface area contributed by atoms with Gasteiger partial charge in [0.1, 0.15) is 11.6 Å². The van der Waals surface area contributed by atoms with Crippen LogP contribution >= 0.6 is 0 Å². The van der Waals surface area contributed by atoms with Gasteiger partial charge in [-0.1, -0.05) is 12.1 Å². The molecule has 1 fully saturated rings. The molecule has 0 radical (unpaired) electrons. The Morgan fingerprint density at radius 1 is 1.04 bits per heavy atom. The number of halogens is 2. The number of hydrogen-bond acceptors (Lipinski definition) is 2. The van der Waals surface area contributed by atoms with Crippen LogP contribution in [0.5, 0.6) is 0 Å². The van der Waals surface area contributed by atoms with Gasteiger partial charge in [0, 0.05) is 30.8 Å². The van der Waals surface area contributed by atoms with E-state index in [1.165, 1.54) is 4.90 Å². The van der Waals surface area contributed by atoms with Gasteiger partial charge in [0.15, 0.2) is 0 Å². The topological polar surface area (TPSA) is 49.4 Å². The summed E-state index contributed by atoms with van der Waals surface area (Å²) in [5, 5.41) is 2.97. The first-order valence-electron chi connectivity index (χ1n) is 8.97. The van der Waals surface area contributed by atoms with E-state index >= 15 is 0 Å². The number of hydrogen-bond donors (Lipinski definition) is 1. The molecule has 0 saturated carbocycles. The van der Waals surface area contributed by atoms with E-state index < -0.39 is 17.5 Å². The van der Waals surface area contributed by atoms with Gasteiger partial charge in [-0.3, -0.25) is 9.59 Å². The molecule has 0 aromatic heterocycles. The summed E-state index contributed by atoms with van der Waals surface area (Å²) in [4.78, 5) is 26.5. The van der Waals surface area contributed by atoms with Crippen molar-refractivity contribution in [1.82, 2.24) is 4.90 Å². The third kappa shape index (κ3) is 4.32. The highest BCUT2D eigenvalue weighted by atomic mass is 19.1. The average molecular weight is 372 g/mol. The SMILES string of the molecule is Cc1ccc(C)c(NC(=O)C2CCN(C(=O)c3ccc(F)cc3F)CC2)c1. The summed E-state index contributed by atoms with van der Waals surface area (Å²) >= 11 is 0. The lowest BCUT2D eigenvalue weighted by Crippen LogP contribution is -2.41. The number of carbonyl (C=O) groups excluding carboxylic acids is 2. The fraction of sp³-hybridized carbons (Fsp3) is 0.333. The van der Waals surface area contributed by atoms with E-state index in [-0.39, 0.29) is 17.4 Å². The van der Waals surface area contributed by atoms with Gasteiger partial charge in [-0.15, -0.1) is 0 Å². The first kappa shape index (κ1) is 19.0. The van der Waals surface area contributed by atoms with Crippen molar-refractivity contribution in [1.29, 1.82) is 0 Å². The van der Waals surface area contributed by atoms with Gasteiger partial charge in [-0.2, -0.15) is 0 Å². The molecule has 0 aliphatic carbocycles. The summed E-state index contributed by atoms with van der Waals surface area (Å²) in [6.07, 6.45) is 1.01. The lowest BCUT2D eigenvalue weighted by atomic mass is 9.95. The zero-order chi connectivity index (χ0) is 19.6. The molecule has 6 heteroatoms. The third-order valence-electron chi connectivity index (χ3n) is 4.97. The minimum Gasteiger partial charge on any atom is -0.339 e. The highest BCUT2D eigenvalue weighted by molar-refractivity contribution is 5.95. The van der Waals surface area contributed by atoms with Crippen LogP contribution in [0.1, 0.15) is 34.3 Å². The Morgan fingerprint density at radius 3 is 2.41 bits per heavy atom. The molecular weight excluding hydrogens is 350 g/mol. The van der Waals surface area contributed by atoms with Gasteiger partial charge in [0.05, 0.1) is 5.56 Å². The Morgan fingerprint density at radius 2 is 1.74 bits per heavy atom. The van der Waals surface area contributed by atoms with E-state index in [9.17, 15) is 18.4 Å². The Kier molecular flexibility index (Phi) is 5.54. The monoisotopic (exact) mass is 372 g/mol. The minimum atomic E-state index is -0.866. The molecule has 4 nitrogen and oxygen atoms in total. The number of anilines is 1. The van der Waals surface area contributed by atoms with Gasteiger partial charge >= 0.3 is 0 Å². The van der Waals surface area contributed by atoms with Crippen molar-refractivity contribution in [2.75, 3.05) is 18.4 Å². The zero-order valence-corrected chi connectivity index (χ0v) is 15.4. The third-order valence-corrected chi connectivity index (χ3v) is 4.97. The molecule has 142 valence electrons. The molecule has 2 aromatic rings. The van der Waals surface area contributed by atoms with E-state index in [1.54, 1.807) is 0 Å². The Hall–Kier alpha value is -2.76. The molecule has 2 aromatic carbocycles. The van der Waals surface area contributed by atoms with Crippen LogP contribution in [0, 0.1) is 31.4 Å². The normalized spacial score (nSPS) is 14.9. The second kappa shape index (κ2) is 7.86. The van der Waals surface area contributed by atoms with Gasteiger partial charge in [-0.05, 0) is 56.0 Å². The number of nitrogens with one attached hydrogen (secondary N) is 1. The first-order valence-corrected chi connectivity index (χ1v) is 8.97. The standard InChI is InChI=1S/C21H22F2N2O2/c1-13-3-4-14(2)19(11-13)24-20(26)15-7-9-25(10-8-15)21(27)17-6-5-16(22)12-18(17)23/h3-6,11-12,15H,7-10H2,1-2H3,(H,24,26). The van der Waals surface area contributed by atoms with Crippen molar-refractivity contribution >= 4 is 17.5 Å². The second-order valence-corrected chi connectivity index (χ2v) is 7.00. The molecule has 0 bridgehead atoms. The molecule has 0 atom stereocenters. The summed E-state index contributed by atoms with van der Waals surface area (Å²) in [6.45, 7) is 4.63. The van der Waals surface area contributed by atoms with Gasteiger partial charge in [-0.25, -0.2) is 8.78 Å². The molecule has 0 spiro atoms. The van der Waals surface area contributed by atoms with Crippen molar-refractivity contribution in [3.63, 3.8) is 0 Å². The van der Waals surface area contributed by atoms with Crippen molar-refractivity contribution in [3.05, 3.63) is 64.7 Å². The summed E-state index contributed by atoms with van der Waals surface area (Å²) in [5.41, 5.74) is 2.72. The van der Waals surface area contributed by atoms with Crippen LogP contribution in [-0.4, -0.2) is 29.8 Å². The maximum atomic E-state index is 13.8. The van der Waals surface area contributed by atoms with Crippen molar-refractivity contribution in [2.24, 2.45) is 5.92 Å². The highest BCUT2D eigenvalue weighted by Crippen LogP contribution is 2.23. The van der Waals surface area contributed by atoms with Crippen molar-refractivity contribution in [2.45, 2.75) is 26.7 Å². The molecule has 27 heavy (non-hydrogen) atoms. The molecule has 1 N–H and O–H groups in total. The van der Waals surface area contributed by atoms with Crippen LogP contribution < -0.4 is 5.32 Å². The molecule has 1 aliphatic heterocycles. The van der Waals surface area contributed by atoms with Crippen LogP contribution in [0.3, 0.4) is 0 Å². The van der Waals surface area contributed by atoms with E-state index in [1.807, 2.05) is 32.0 Å². The maximum absolute atomic E-state index is 13.8. The first-order chi connectivity index (χ1) is 12.8. The average Bonchev–Trinajstić information content (AvgIpc) is 2.64. The number of benzene rings is 2. The number of carbonyl (C=O) groups is 2. The summed E-state index contributed by atoms with van der Waals surface area (Å²) in [6, 6.07) is 8.82. The zero-order valence-electron chi connectivity index (χ0n) is 15.4. The molecule has 2 amide bonds. The fourth-order valence-corrected chi connectivity index (χ4v) is 3.28. The summed E-state index contributed by atoms with van der Waals surface area (Å²) < 4.78 is 26.8. The Labute approximate surface area is 157 Å². The number of aryl methyl sites for hydroxylation is 2. The van der Waals surface area contributed by atoms with Gasteiger partial charge in [0.2, 0.25) is 5.91 Å². The summed E-state index contributed by atoms with van der Waals surface area (Å²) in [5.74, 6) is -2.32. The molecule has 0 unspecified atom stereocenters. The molecule has 1 saturated heterocycles. The lowest BCUT2D eigenvalue weighted by molar-refractivity contribution is -0.121. The number of likely N-dealkylation sites (tertiary alicyclic amines) is 1. The molecule has 1 heterocycles. The minimum absolute atomic E-state index is 0.0660. The van der Waals surface area contributed by atoms with Crippen LogP contribution in [0.25, 0.3) is 0 Å². The van der Waals surface area contributed by atoms with E-state index in [0.29, 0.717) is 32.0 Å². The fourth-order valence-electron chi connectivity index (χ4n) is 3.28. The van der Waals surface area contributed by atoms with E-state index in [4.69, 9.17) is 0 Å². The van der Waals surface area contributed by atoms with Gasteiger partial charge < -0.3 is 10.2 Å². The van der Waals surface area contributed by atoms with Crippen molar-refractivity contribution < 1.29 is 18.4 Å². The number of rotatable bonds is 3. The number of piperidine rings is 1. The highest BCUT2D eigenvalue weighted by Gasteiger charge is 2.29. The predicted molar refractivity (Wildman–Crippen MR) is 99.5 cm³/mol. The number of nitrogens with zero attached hydrogens (tertiary/aromatic N) is 1. The van der Waals surface area contributed by atoms with Crippen molar-refractivity contribution in [3.8, 4) is 0 Å². The van der Waals surface area contributed by atoms with E-state index in [0.717, 1.165) is 28.9 Å². The maximum Gasteiger partial charge on any atom is 0.256 e. The molecule has 1 aliphatic rings. The quantitative estimate of drug-likeness (QED) is 0.883. The Bertz CT molecular complexity index is 874. The van der Waals surface area contributed by atoms with Gasteiger partial charge in [0.25, 0.3) is 5.91 Å². The largest absolute Gasteiger partial charge is 0.339 e. The molecule has 3 rings (SSSR count). The van der Waals surface area contributed by atoms with E-state index in [2.05, 4.69) is 5.32 Å². The smallest absolute Gasteiger partial charge is 0.256 e. The lowest BCUT2D eigenvalue weighted by Gasteiger charge is -2.31. The summed E-state index contributed by atoms with van der Waals surface area (Å²) in [7, 11) is 0. The predicted octanol–water partition coefficient (Wildman–Crippen LogP) is 4.07. The number of amides is 2. The van der Waals surface area contributed by atoms with Crippen LogP contribution in [0.2, 0.25) is 0 Å². The van der Waals surface area contributed by atoms with Crippen LogP contribution in [-0.2, 0) is 4.79 Å².